The quantitative estimate of drug-likeness (QED) is 0.616. The van der Waals surface area contributed by atoms with Gasteiger partial charge in [0.25, 0.3) is 5.91 Å². The van der Waals surface area contributed by atoms with Gasteiger partial charge < -0.3 is 23.7 Å². The summed E-state index contributed by atoms with van der Waals surface area (Å²) in [6, 6.07) is 14.3. The number of carbonyl (C=O) groups is 2. The Hall–Kier alpha value is -3.59. The van der Waals surface area contributed by atoms with Crippen molar-refractivity contribution >= 4 is 28.6 Å². The van der Waals surface area contributed by atoms with Crippen LogP contribution in [0, 0.1) is 0 Å². The Labute approximate surface area is 183 Å². The van der Waals surface area contributed by atoms with Gasteiger partial charge in [-0.25, -0.2) is 4.79 Å². The van der Waals surface area contributed by atoms with Gasteiger partial charge in [0.15, 0.2) is 11.7 Å². The van der Waals surface area contributed by atoms with Crippen LogP contribution in [-0.4, -0.2) is 60.2 Å². The van der Waals surface area contributed by atoms with E-state index in [2.05, 4.69) is 0 Å². The van der Waals surface area contributed by atoms with Crippen molar-refractivity contribution in [2.24, 2.45) is 0 Å². The van der Waals surface area contributed by atoms with E-state index in [9.17, 15) is 14.4 Å². The van der Waals surface area contributed by atoms with Crippen LogP contribution in [0.25, 0.3) is 11.1 Å². The molecule has 1 atom stereocenters. The summed E-state index contributed by atoms with van der Waals surface area (Å²) >= 11 is 0. The lowest BCUT2D eigenvalue weighted by molar-refractivity contribution is -0.142. The predicted molar refractivity (Wildman–Crippen MR) is 116 cm³/mol. The Balaban J connectivity index is 1.36. The van der Waals surface area contributed by atoms with Gasteiger partial charge in [0.1, 0.15) is 5.75 Å². The van der Waals surface area contributed by atoms with Crippen molar-refractivity contribution in [3.63, 3.8) is 0 Å². The minimum atomic E-state index is -0.788. The highest BCUT2D eigenvalue weighted by Crippen LogP contribution is 2.34. The van der Waals surface area contributed by atoms with Crippen molar-refractivity contribution in [3.05, 3.63) is 59.1 Å². The van der Waals surface area contributed by atoms with Crippen molar-refractivity contribution in [3.8, 4) is 5.75 Å². The topological polar surface area (TPSA) is 94.2 Å². The van der Waals surface area contributed by atoms with Crippen LogP contribution in [0.5, 0.6) is 5.75 Å². The monoisotopic (exact) mass is 437 g/mol. The highest BCUT2D eigenvalue weighted by molar-refractivity contribution is 5.97. The van der Waals surface area contributed by atoms with Gasteiger partial charge in [0.05, 0.1) is 31.0 Å². The number of anilines is 1. The summed E-state index contributed by atoms with van der Waals surface area (Å²) in [5.41, 5.74) is 1.75. The number of morpholine rings is 1. The average Bonchev–Trinajstić information content (AvgIpc) is 3.16. The van der Waals surface area contributed by atoms with Crippen LogP contribution in [0.15, 0.2) is 57.7 Å². The van der Waals surface area contributed by atoms with Crippen molar-refractivity contribution in [1.29, 1.82) is 0 Å². The highest BCUT2D eigenvalue weighted by Gasteiger charge is 2.36. The second-order valence-corrected chi connectivity index (χ2v) is 7.75. The first kappa shape index (κ1) is 20.3. The van der Waals surface area contributed by atoms with E-state index in [-0.39, 0.29) is 31.3 Å². The summed E-state index contributed by atoms with van der Waals surface area (Å²) in [6.07, 6.45) is -0.708. The van der Waals surface area contributed by atoms with Crippen LogP contribution in [0.1, 0.15) is 6.42 Å². The fourth-order valence-electron chi connectivity index (χ4n) is 4.15. The Bertz CT molecular complexity index is 1210. The highest BCUT2D eigenvalue weighted by atomic mass is 16.5. The molecule has 0 radical (unpaired) electrons. The lowest BCUT2D eigenvalue weighted by Gasteiger charge is -2.37. The van der Waals surface area contributed by atoms with E-state index in [4.69, 9.17) is 13.9 Å². The zero-order valence-electron chi connectivity index (χ0n) is 17.4. The third-order valence-electron chi connectivity index (χ3n) is 5.80. The molecular weight excluding hydrogens is 414 g/mol. The molecule has 0 aliphatic carbocycles. The summed E-state index contributed by atoms with van der Waals surface area (Å²) in [5.74, 6) is -0.359. The zero-order valence-corrected chi connectivity index (χ0v) is 17.4. The Morgan fingerprint density at radius 2 is 1.75 bits per heavy atom. The fraction of sp³-hybridized carbons (Fsp3) is 0.348. The SMILES string of the molecule is O=C([C@H]1CN(C(=O)CCn2c(=O)oc3ccccc32)c2ccccc2O1)N1CCOCC1. The number of benzene rings is 2. The summed E-state index contributed by atoms with van der Waals surface area (Å²) in [6.45, 7) is 2.29. The molecule has 2 aliphatic rings. The number of amides is 2. The van der Waals surface area contributed by atoms with Crippen LogP contribution in [0.3, 0.4) is 0 Å². The second kappa shape index (κ2) is 8.51. The molecule has 0 spiro atoms. The molecule has 1 aromatic heterocycles. The standard InChI is InChI=1S/C23H23N3O6/c27-21(9-10-25-16-5-1-4-8-19(16)32-23(25)29)26-15-20(22(28)24-11-13-30-14-12-24)31-18-7-3-2-6-17(18)26/h1-8,20H,9-15H2/t20-/m1/s1. The largest absolute Gasteiger partial charge is 0.476 e. The van der Waals surface area contributed by atoms with Gasteiger partial charge in [-0.2, -0.15) is 0 Å². The van der Waals surface area contributed by atoms with Gasteiger partial charge in [-0.05, 0) is 24.3 Å². The van der Waals surface area contributed by atoms with E-state index in [0.717, 1.165) is 0 Å². The van der Waals surface area contributed by atoms with Gasteiger partial charge in [-0.15, -0.1) is 0 Å². The zero-order chi connectivity index (χ0) is 22.1. The Morgan fingerprint density at radius 1 is 1.00 bits per heavy atom. The van der Waals surface area contributed by atoms with E-state index in [1.165, 1.54) is 4.57 Å². The second-order valence-electron chi connectivity index (χ2n) is 7.75. The molecule has 166 valence electrons. The van der Waals surface area contributed by atoms with E-state index < -0.39 is 11.9 Å². The van der Waals surface area contributed by atoms with Gasteiger partial charge >= 0.3 is 5.76 Å². The summed E-state index contributed by atoms with van der Waals surface area (Å²) in [7, 11) is 0. The number of ether oxygens (including phenoxy) is 2. The minimum Gasteiger partial charge on any atom is -0.476 e. The number of hydrogen-bond acceptors (Lipinski definition) is 6. The maximum Gasteiger partial charge on any atom is 0.419 e. The smallest absolute Gasteiger partial charge is 0.419 e. The maximum atomic E-state index is 13.2. The lowest BCUT2D eigenvalue weighted by Crippen LogP contribution is -2.54. The van der Waals surface area contributed by atoms with Crippen molar-refractivity contribution in [1.82, 2.24) is 9.47 Å². The van der Waals surface area contributed by atoms with Crippen LogP contribution < -0.4 is 15.4 Å². The van der Waals surface area contributed by atoms with E-state index in [0.29, 0.717) is 48.8 Å². The van der Waals surface area contributed by atoms with Gasteiger partial charge in [0, 0.05) is 26.1 Å². The molecule has 2 amide bonds. The number of aromatic nitrogens is 1. The van der Waals surface area contributed by atoms with Crippen LogP contribution in [0.4, 0.5) is 5.69 Å². The maximum absolute atomic E-state index is 13.2. The summed E-state index contributed by atoms with van der Waals surface area (Å²) in [5, 5.41) is 0. The summed E-state index contributed by atoms with van der Waals surface area (Å²) in [4.78, 5) is 41.8. The number of aryl methyl sites for hydroxylation is 1. The predicted octanol–water partition coefficient (Wildman–Crippen LogP) is 1.64. The van der Waals surface area contributed by atoms with Crippen LogP contribution in [-0.2, 0) is 20.9 Å². The molecule has 32 heavy (non-hydrogen) atoms. The van der Waals surface area contributed by atoms with Crippen LogP contribution >= 0.6 is 0 Å². The van der Waals surface area contributed by atoms with Crippen LogP contribution in [0.2, 0.25) is 0 Å². The van der Waals surface area contributed by atoms with Crippen molar-refractivity contribution < 1.29 is 23.5 Å². The third kappa shape index (κ3) is 3.75. The number of fused-ring (bicyclic) bond motifs is 2. The van der Waals surface area contributed by atoms with E-state index >= 15 is 0 Å². The molecule has 5 rings (SSSR count). The third-order valence-corrected chi connectivity index (χ3v) is 5.80. The number of carbonyl (C=O) groups excluding carboxylic acids is 2. The Morgan fingerprint density at radius 3 is 2.59 bits per heavy atom. The molecule has 3 heterocycles. The molecule has 1 saturated heterocycles. The molecule has 2 aromatic carbocycles. The lowest BCUT2D eigenvalue weighted by atomic mass is 10.1. The normalized spacial score (nSPS) is 18.3. The first-order chi connectivity index (χ1) is 15.6. The number of oxazole rings is 1. The van der Waals surface area contributed by atoms with Gasteiger partial charge in [-0.3, -0.25) is 14.2 Å². The molecule has 2 aliphatic heterocycles. The van der Waals surface area contributed by atoms with Crippen molar-refractivity contribution in [2.75, 3.05) is 37.7 Å². The average molecular weight is 437 g/mol. The number of rotatable bonds is 4. The molecule has 0 N–H and O–H groups in total. The number of nitrogens with zero attached hydrogens (tertiary/aromatic N) is 3. The Kier molecular flexibility index (Phi) is 5.40. The van der Waals surface area contributed by atoms with Crippen molar-refractivity contribution in [2.45, 2.75) is 19.1 Å². The fourth-order valence-corrected chi connectivity index (χ4v) is 4.15. The number of hydrogen-bond donors (Lipinski definition) is 0. The van der Waals surface area contributed by atoms with E-state index in [1.54, 1.807) is 46.2 Å². The molecule has 1 fully saturated rings. The summed E-state index contributed by atoms with van der Waals surface area (Å²) < 4.78 is 18.0. The molecule has 0 unspecified atom stereocenters. The van der Waals surface area contributed by atoms with Gasteiger partial charge in [0.2, 0.25) is 5.91 Å². The van der Waals surface area contributed by atoms with Gasteiger partial charge in [-0.1, -0.05) is 24.3 Å². The first-order valence-corrected chi connectivity index (χ1v) is 10.6. The number of para-hydroxylation sites is 4. The molecule has 9 nitrogen and oxygen atoms in total. The minimum absolute atomic E-state index is 0.0796. The van der Waals surface area contributed by atoms with E-state index in [1.807, 2.05) is 12.1 Å². The molecule has 3 aromatic rings. The molecular formula is C23H23N3O6. The molecule has 0 saturated carbocycles. The molecule has 0 bridgehead atoms. The molecule has 9 heteroatoms. The first-order valence-electron chi connectivity index (χ1n) is 10.6.